The minimum atomic E-state index is -0.333. The number of nitrogens with zero attached hydrogens (tertiary/aromatic N) is 3. The Morgan fingerprint density at radius 3 is 2.24 bits per heavy atom. The molecule has 0 radical (unpaired) electrons. The SMILES string of the molecule is COc1ccc(CC(NC(=O)NC(C)c2nnc3ccccn23)c2ccc(OC)cc2)cc1. The summed E-state index contributed by atoms with van der Waals surface area (Å²) in [5, 5.41) is 14.5. The average Bonchev–Trinajstić information content (AvgIpc) is 3.28. The predicted molar refractivity (Wildman–Crippen MR) is 126 cm³/mol. The number of rotatable bonds is 8. The van der Waals surface area contributed by atoms with Crippen molar-refractivity contribution >= 4 is 11.7 Å². The lowest BCUT2D eigenvalue weighted by Crippen LogP contribution is -2.40. The molecule has 0 saturated carbocycles. The molecular weight excluding hydrogens is 418 g/mol. The van der Waals surface area contributed by atoms with Gasteiger partial charge in [-0.05, 0) is 60.9 Å². The molecule has 0 bridgehead atoms. The Morgan fingerprint density at radius 2 is 1.58 bits per heavy atom. The molecular formula is C25H27N5O3. The van der Waals surface area contributed by atoms with E-state index in [1.165, 1.54) is 0 Å². The van der Waals surface area contributed by atoms with Gasteiger partial charge in [-0.15, -0.1) is 10.2 Å². The lowest BCUT2D eigenvalue weighted by molar-refractivity contribution is 0.233. The van der Waals surface area contributed by atoms with Crippen LogP contribution in [0.4, 0.5) is 4.79 Å². The van der Waals surface area contributed by atoms with Gasteiger partial charge in [0.2, 0.25) is 0 Å². The lowest BCUT2D eigenvalue weighted by Gasteiger charge is -2.22. The zero-order valence-electron chi connectivity index (χ0n) is 18.9. The summed E-state index contributed by atoms with van der Waals surface area (Å²) < 4.78 is 12.4. The molecule has 2 amide bonds. The molecule has 0 aliphatic rings. The van der Waals surface area contributed by atoms with Crippen LogP contribution in [0.5, 0.6) is 11.5 Å². The van der Waals surface area contributed by atoms with Crippen LogP contribution >= 0.6 is 0 Å². The second kappa shape index (κ2) is 10.0. The van der Waals surface area contributed by atoms with E-state index < -0.39 is 0 Å². The minimum absolute atomic E-state index is 0.244. The first-order chi connectivity index (χ1) is 16.1. The van der Waals surface area contributed by atoms with Crippen LogP contribution in [-0.2, 0) is 6.42 Å². The van der Waals surface area contributed by atoms with Crippen molar-refractivity contribution in [3.05, 3.63) is 89.9 Å². The van der Waals surface area contributed by atoms with E-state index in [9.17, 15) is 4.79 Å². The molecule has 8 heteroatoms. The average molecular weight is 446 g/mol. The van der Waals surface area contributed by atoms with Crippen LogP contribution in [0.15, 0.2) is 72.9 Å². The molecule has 2 aromatic carbocycles. The maximum Gasteiger partial charge on any atom is 0.315 e. The van der Waals surface area contributed by atoms with Gasteiger partial charge in [0.15, 0.2) is 11.5 Å². The number of hydrogen-bond donors (Lipinski definition) is 2. The summed E-state index contributed by atoms with van der Waals surface area (Å²) in [5.41, 5.74) is 2.79. The van der Waals surface area contributed by atoms with Crippen molar-refractivity contribution in [2.24, 2.45) is 0 Å². The molecule has 33 heavy (non-hydrogen) atoms. The van der Waals surface area contributed by atoms with Gasteiger partial charge in [-0.25, -0.2) is 4.79 Å². The molecule has 2 atom stereocenters. The molecule has 2 N–H and O–H groups in total. The highest BCUT2D eigenvalue weighted by Crippen LogP contribution is 2.23. The molecule has 8 nitrogen and oxygen atoms in total. The highest BCUT2D eigenvalue weighted by molar-refractivity contribution is 5.75. The second-order valence-corrected chi connectivity index (χ2v) is 7.70. The van der Waals surface area contributed by atoms with Gasteiger partial charge in [0.05, 0.1) is 26.3 Å². The number of urea groups is 1. The number of pyridine rings is 1. The maximum atomic E-state index is 13.0. The normalized spacial score (nSPS) is 12.7. The molecule has 2 heterocycles. The topological polar surface area (TPSA) is 89.8 Å². The van der Waals surface area contributed by atoms with Gasteiger partial charge in [0.25, 0.3) is 0 Å². The van der Waals surface area contributed by atoms with E-state index in [-0.39, 0.29) is 18.1 Å². The number of amides is 2. The molecule has 0 saturated heterocycles. The van der Waals surface area contributed by atoms with E-state index in [0.29, 0.717) is 12.2 Å². The van der Waals surface area contributed by atoms with Gasteiger partial charge < -0.3 is 20.1 Å². The number of ether oxygens (including phenoxy) is 2. The summed E-state index contributed by atoms with van der Waals surface area (Å²) in [6.07, 6.45) is 2.50. The Balaban J connectivity index is 1.50. The van der Waals surface area contributed by atoms with Crippen molar-refractivity contribution in [1.29, 1.82) is 0 Å². The Kier molecular flexibility index (Phi) is 6.73. The highest BCUT2D eigenvalue weighted by atomic mass is 16.5. The summed E-state index contributed by atoms with van der Waals surface area (Å²) in [6, 6.07) is 20.3. The van der Waals surface area contributed by atoms with E-state index in [2.05, 4.69) is 20.8 Å². The lowest BCUT2D eigenvalue weighted by atomic mass is 9.98. The van der Waals surface area contributed by atoms with Crippen molar-refractivity contribution < 1.29 is 14.3 Å². The maximum absolute atomic E-state index is 13.0. The van der Waals surface area contributed by atoms with Gasteiger partial charge in [-0.3, -0.25) is 4.40 Å². The predicted octanol–water partition coefficient (Wildman–Crippen LogP) is 4.09. The number of carbonyl (C=O) groups is 1. The van der Waals surface area contributed by atoms with Crippen LogP contribution in [0.25, 0.3) is 5.65 Å². The third kappa shape index (κ3) is 5.23. The van der Waals surface area contributed by atoms with Crippen molar-refractivity contribution in [2.45, 2.75) is 25.4 Å². The first-order valence-electron chi connectivity index (χ1n) is 10.7. The number of methoxy groups -OCH3 is 2. The van der Waals surface area contributed by atoms with Gasteiger partial charge in [-0.2, -0.15) is 0 Å². The fraction of sp³-hybridized carbons (Fsp3) is 0.240. The number of aromatic nitrogens is 3. The van der Waals surface area contributed by atoms with Gasteiger partial charge >= 0.3 is 6.03 Å². The third-order valence-electron chi connectivity index (χ3n) is 5.50. The zero-order valence-corrected chi connectivity index (χ0v) is 18.9. The Morgan fingerprint density at radius 1 is 0.909 bits per heavy atom. The van der Waals surface area contributed by atoms with Crippen molar-refractivity contribution in [3.8, 4) is 11.5 Å². The number of benzene rings is 2. The minimum Gasteiger partial charge on any atom is -0.497 e. The van der Waals surface area contributed by atoms with Crippen LogP contribution in [0.3, 0.4) is 0 Å². The molecule has 0 spiro atoms. The Labute approximate surface area is 192 Å². The van der Waals surface area contributed by atoms with Crippen LogP contribution in [0.1, 0.15) is 36.0 Å². The van der Waals surface area contributed by atoms with Crippen LogP contribution in [-0.4, -0.2) is 34.8 Å². The van der Waals surface area contributed by atoms with E-state index in [1.807, 2.05) is 84.3 Å². The van der Waals surface area contributed by atoms with Gasteiger partial charge in [-0.1, -0.05) is 30.3 Å². The molecule has 170 valence electrons. The fourth-order valence-corrected chi connectivity index (χ4v) is 3.70. The Bertz CT molecular complexity index is 1200. The van der Waals surface area contributed by atoms with E-state index in [1.54, 1.807) is 14.2 Å². The van der Waals surface area contributed by atoms with Crippen molar-refractivity contribution in [1.82, 2.24) is 25.2 Å². The number of nitrogens with one attached hydrogen (secondary N) is 2. The number of carbonyl (C=O) groups excluding carboxylic acids is 1. The molecule has 0 aliphatic heterocycles. The molecule has 0 fully saturated rings. The summed E-state index contributed by atoms with van der Waals surface area (Å²) in [5.74, 6) is 2.22. The smallest absolute Gasteiger partial charge is 0.315 e. The van der Waals surface area contributed by atoms with Gasteiger partial charge in [0, 0.05) is 6.20 Å². The quantitative estimate of drug-likeness (QED) is 0.426. The van der Waals surface area contributed by atoms with Crippen LogP contribution < -0.4 is 20.1 Å². The third-order valence-corrected chi connectivity index (χ3v) is 5.50. The molecule has 2 aromatic heterocycles. The van der Waals surface area contributed by atoms with E-state index in [0.717, 1.165) is 28.3 Å². The molecule has 4 rings (SSSR count). The molecule has 0 aliphatic carbocycles. The highest BCUT2D eigenvalue weighted by Gasteiger charge is 2.20. The molecule has 2 unspecified atom stereocenters. The Hall–Kier alpha value is -4.07. The molecule has 4 aromatic rings. The number of hydrogen-bond acceptors (Lipinski definition) is 5. The first kappa shape index (κ1) is 22.1. The monoisotopic (exact) mass is 445 g/mol. The summed E-state index contributed by atoms with van der Waals surface area (Å²) >= 11 is 0. The van der Waals surface area contributed by atoms with Crippen LogP contribution in [0, 0.1) is 0 Å². The second-order valence-electron chi connectivity index (χ2n) is 7.70. The summed E-state index contributed by atoms with van der Waals surface area (Å²) in [4.78, 5) is 13.0. The van der Waals surface area contributed by atoms with Crippen molar-refractivity contribution in [2.75, 3.05) is 14.2 Å². The standard InChI is InChI=1S/C25H27N5O3/c1-17(24-29-28-23-6-4-5-15-30(23)24)26-25(31)27-22(19-9-13-21(33-3)14-10-19)16-18-7-11-20(32-2)12-8-18/h4-15,17,22H,16H2,1-3H3,(H2,26,27,31). The van der Waals surface area contributed by atoms with Gasteiger partial charge in [0.1, 0.15) is 11.5 Å². The number of fused-ring (bicyclic) bond motifs is 1. The van der Waals surface area contributed by atoms with E-state index >= 15 is 0 Å². The summed E-state index contributed by atoms with van der Waals surface area (Å²) in [7, 11) is 3.27. The first-order valence-corrected chi connectivity index (χ1v) is 10.7. The zero-order chi connectivity index (χ0) is 23.2. The van der Waals surface area contributed by atoms with E-state index in [4.69, 9.17) is 9.47 Å². The fourth-order valence-electron chi connectivity index (χ4n) is 3.70. The van der Waals surface area contributed by atoms with Crippen molar-refractivity contribution in [3.63, 3.8) is 0 Å². The van der Waals surface area contributed by atoms with Crippen LogP contribution in [0.2, 0.25) is 0 Å². The largest absolute Gasteiger partial charge is 0.497 e. The summed E-state index contributed by atoms with van der Waals surface area (Å²) in [6.45, 7) is 1.88.